The van der Waals surface area contributed by atoms with E-state index >= 15 is 0 Å². The van der Waals surface area contributed by atoms with Crippen molar-refractivity contribution in [1.82, 2.24) is 10.2 Å². The first-order valence-corrected chi connectivity index (χ1v) is 11.4. The summed E-state index contributed by atoms with van der Waals surface area (Å²) >= 11 is 0. The second kappa shape index (κ2) is 8.81. The minimum absolute atomic E-state index is 0.236. The smallest absolute Gasteiger partial charge is 0.261 e. The summed E-state index contributed by atoms with van der Waals surface area (Å²) in [5, 5.41) is 8.66. The van der Waals surface area contributed by atoms with E-state index in [0.717, 1.165) is 36.5 Å². The van der Waals surface area contributed by atoms with Crippen LogP contribution in [0.25, 0.3) is 11.3 Å². The van der Waals surface area contributed by atoms with Crippen LogP contribution in [0, 0.1) is 0 Å². The summed E-state index contributed by atoms with van der Waals surface area (Å²) in [5.41, 5.74) is 3.04. The highest BCUT2D eigenvalue weighted by molar-refractivity contribution is 7.92. The molecule has 7 nitrogen and oxygen atoms in total. The summed E-state index contributed by atoms with van der Waals surface area (Å²) in [6.07, 6.45) is 0.862. The average Bonchev–Trinajstić information content (AvgIpc) is 2.80. The molecule has 1 aliphatic rings. The van der Waals surface area contributed by atoms with E-state index in [0.29, 0.717) is 24.6 Å². The number of benzene rings is 2. The Balaban J connectivity index is 1.52. The molecule has 0 saturated carbocycles. The van der Waals surface area contributed by atoms with E-state index in [1.54, 1.807) is 30.3 Å². The third-order valence-corrected chi connectivity index (χ3v) is 6.44. The van der Waals surface area contributed by atoms with E-state index < -0.39 is 10.0 Å². The van der Waals surface area contributed by atoms with Crippen LogP contribution in [0.3, 0.4) is 0 Å². The van der Waals surface area contributed by atoms with Crippen molar-refractivity contribution in [2.75, 3.05) is 35.9 Å². The van der Waals surface area contributed by atoms with Crippen molar-refractivity contribution in [3.05, 3.63) is 66.2 Å². The molecule has 0 amide bonds. The molecule has 8 heteroatoms. The van der Waals surface area contributed by atoms with E-state index in [1.807, 2.05) is 37.3 Å². The van der Waals surface area contributed by atoms with Gasteiger partial charge in [-0.1, -0.05) is 31.2 Å². The van der Waals surface area contributed by atoms with E-state index in [2.05, 4.69) is 19.8 Å². The van der Waals surface area contributed by atoms with Gasteiger partial charge in [-0.05, 0) is 48.4 Å². The lowest BCUT2D eigenvalue weighted by Crippen LogP contribution is -2.36. The van der Waals surface area contributed by atoms with Gasteiger partial charge < -0.3 is 9.64 Å². The number of anilines is 2. The van der Waals surface area contributed by atoms with Gasteiger partial charge in [0.25, 0.3) is 10.0 Å². The Morgan fingerprint density at radius 1 is 1.00 bits per heavy atom. The number of aromatic nitrogens is 2. The Kier molecular flexibility index (Phi) is 5.96. The largest absolute Gasteiger partial charge is 0.378 e. The number of morpholine rings is 1. The van der Waals surface area contributed by atoms with Crippen LogP contribution >= 0.6 is 0 Å². The Hall–Kier alpha value is -2.97. The van der Waals surface area contributed by atoms with Gasteiger partial charge in [0.15, 0.2) is 5.82 Å². The predicted octanol–water partition coefficient (Wildman–Crippen LogP) is 3.34. The molecular weight excluding hydrogens is 400 g/mol. The number of hydrogen-bond acceptors (Lipinski definition) is 6. The quantitative estimate of drug-likeness (QED) is 0.653. The van der Waals surface area contributed by atoms with Crippen molar-refractivity contribution in [3.8, 4) is 11.3 Å². The van der Waals surface area contributed by atoms with Crippen LogP contribution in [-0.2, 0) is 21.2 Å². The number of nitrogens with zero attached hydrogens (tertiary/aromatic N) is 3. The molecule has 156 valence electrons. The van der Waals surface area contributed by atoms with Crippen LogP contribution in [0.15, 0.2) is 65.6 Å². The normalized spacial score (nSPS) is 14.5. The van der Waals surface area contributed by atoms with Crippen LogP contribution in [0.4, 0.5) is 11.5 Å². The molecule has 1 aromatic heterocycles. The molecule has 1 aliphatic heterocycles. The monoisotopic (exact) mass is 424 g/mol. The second-order valence-electron chi connectivity index (χ2n) is 7.06. The summed E-state index contributed by atoms with van der Waals surface area (Å²) in [6.45, 7) is 5.00. The van der Waals surface area contributed by atoms with Gasteiger partial charge >= 0.3 is 0 Å². The average molecular weight is 425 g/mol. The van der Waals surface area contributed by atoms with Gasteiger partial charge in [-0.15, -0.1) is 10.2 Å². The molecule has 0 bridgehead atoms. The predicted molar refractivity (Wildman–Crippen MR) is 117 cm³/mol. The van der Waals surface area contributed by atoms with Gasteiger partial charge in [0.2, 0.25) is 0 Å². The van der Waals surface area contributed by atoms with Gasteiger partial charge in [-0.3, -0.25) is 4.72 Å². The van der Waals surface area contributed by atoms with Crippen molar-refractivity contribution in [2.45, 2.75) is 18.2 Å². The van der Waals surface area contributed by atoms with E-state index in [1.165, 1.54) is 0 Å². The molecule has 0 atom stereocenters. The topological polar surface area (TPSA) is 84.4 Å². The Morgan fingerprint density at radius 3 is 2.43 bits per heavy atom. The fourth-order valence-corrected chi connectivity index (χ4v) is 4.35. The molecule has 30 heavy (non-hydrogen) atoms. The number of sulfonamides is 1. The molecule has 0 aliphatic carbocycles. The molecule has 0 spiro atoms. The molecule has 2 aromatic carbocycles. The van der Waals surface area contributed by atoms with Crippen LogP contribution < -0.4 is 9.62 Å². The van der Waals surface area contributed by atoms with Crippen LogP contribution in [0.5, 0.6) is 0 Å². The lowest BCUT2D eigenvalue weighted by Gasteiger charge is -2.27. The highest BCUT2D eigenvalue weighted by atomic mass is 32.2. The SMILES string of the molecule is CCc1ccc(S(=O)(=O)Nc2cccc(-c3ccc(N4CCOCC4)nn3)c2)cc1. The van der Waals surface area contributed by atoms with Crippen molar-refractivity contribution in [3.63, 3.8) is 0 Å². The highest BCUT2D eigenvalue weighted by Crippen LogP contribution is 2.24. The van der Waals surface area contributed by atoms with E-state index in [-0.39, 0.29) is 4.90 Å². The van der Waals surface area contributed by atoms with Gasteiger partial charge in [0, 0.05) is 24.3 Å². The minimum Gasteiger partial charge on any atom is -0.378 e. The Bertz CT molecular complexity index is 1090. The van der Waals surface area contributed by atoms with E-state index in [4.69, 9.17) is 4.74 Å². The molecule has 2 heterocycles. The Morgan fingerprint density at radius 2 is 1.77 bits per heavy atom. The first-order chi connectivity index (χ1) is 14.5. The third-order valence-electron chi connectivity index (χ3n) is 5.04. The van der Waals surface area contributed by atoms with E-state index in [9.17, 15) is 8.42 Å². The van der Waals surface area contributed by atoms with Crippen molar-refractivity contribution in [1.29, 1.82) is 0 Å². The van der Waals surface area contributed by atoms with Gasteiger partial charge in [-0.25, -0.2) is 8.42 Å². The first-order valence-electron chi connectivity index (χ1n) is 9.94. The second-order valence-corrected chi connectivity index (χ2v) is 8.74. The first kappa shape index (κ1) is 20.3. The van der Waals surface area contributed by atoms with Gasteiger partial charge in [0.05, 0.1) is 23.8 Å². The molecule has 1 saturated heterocycles. The van der Waals surface area contributed by atoms with Gasteiger partial charge in [0.1, 0.15) is 0 Å². The molecule has 3 aromatic rings. The fraction of sp³-hybridized carbons (Fsp3) is 0.273. The lowest BCUT2D eigenvalue weighted by atomic mass is 10.1. The fourth-order valence-electron chi connectivity index (χ4n) is 3.30. The van der Waals surface area contributed by atoms with Crippen LogP contribution in [-0.4, -0.2) is 44.9 Å². The molecule has 1 N–H and O–H groups in total. The summed E-state index contributed by atoms with van der Waals surface area (Å²) < 4.78 is 33.4. The minimum atomic E-state index is -3.66. The molecule has 1 fully saturated rings. The molecule has 0 radical (unpaired) electrons. The lowest BCUT2D eigenvalue weighted by molar-refractivity contribution is 0.122. The number of nitrogens with one attached hydrogen (secondary N) is 1. The molecule has 4 rings (SSSR count). The van der Waals surface area contributed by atoms with Crippen LogP contribution in [0.1, 0.15) is 12.5 Å². The van der Waals surface area contributed by atoms with Crippen molar-refractivity contribution in [2.24, 2.45) is 0 Å². The van der Waals surface area contributed by atoms with Crippen molar-refractivity contribution >= 4 is 21.5 Å². The third kappa shape index (κ3) is 4.60. The highest BCUT2D eigenvalue weighted by Gasteiger charge is 2.15. The molecular formula is C22H24N4O3S. The maximum Gasteiger partial charge on any atom is 0.261 e. The number of aryl methyl sites for hydroxylation is 1. The van der Waals surface area contributed by atoms with Crippen LogP contribution in [0.2, 0.25) is 0 Å². The Labute approximate surface area is 176 Å². The zero-order valence-electron chi connectivity index (χ0n) is 16.8. The zero-order chi connectivity index (χ0) is 21.0. The number of hydrogen-bond donors (Lipinski definition) is 1. The summed E-state index contributed by atoms with van der Waals surface area (Å²) in [6, 6.07) is 17.9. The van der Waals surface area contributed by atoms with Gasteiger partial charge in [-0.2, -0.15) is 0 Å². The zero-order valence-corrected chi connectivity index (χ0v) is 17.6. The van der Waals surface area contributed by atoms with Crippen molar-refractivity contribution < 1.29 is 13.2 Å². The summed E-state index contributed by atoms with van der Waals surface area (Å²) in [5.74, 6) is 0.814. The number of ether oxygens (including phenoxy) is 1. The molecule has 0 unspecified atom stereocenters. The summed E-state index contributed by atoms with van der Waals surface area (Å²) in [7, 11) is -3.66. The maximum absolute atomic E-state index is 12.7. The standard InChI is InChI=1S/C22H24N4O3S/c1-2-17-6-8-20(9-7-17)30(27,28)25-19-5-3-4-18(16-19)21-10-11-22(24-23-21)26-12-14-29-15-13-26/h3-11,16,25H,2,12-15H2,1H3. The maximum atomic E-state index is 12.7. The summed E-state index contributed by atoms with van der Waals surface area (Å²) in [4.78, 5) is 2.37. The number of rotatable bonds is 6.